The minimum atomic E-state index is -0.0221. The number of fused-ring (bicyclic) bond motifs is 2. The lowest BCUT2D eigenvalue weighted by atomic mass is 10.0. The minimum absolute atomic E-state index is 0.0221. The molecule has 4 aromatic rings. The van der Waals surface area contributed by atoms with E-state index in [1.165, 1.54) is 10.1 Å². The molecule has 3 heterocycles. The zero-order chi connectivity index (χ0) is 24.6. The molecule has 182 valence electrons. The molecule has 0 atom stereocenters. The number of carbonyl (C=O) groups is 1. The largest absolute Gasteiger partial charge is 0.496 e. The normalized spacial score (nSPS) is 17.3. The van der Waals surface area contributed by atoms with Crippen LogP contribution in [0.4, 0.5) is 11.5 Å². The Balaban J connectivity index is 1.23. The van der Waals surface area contributed by atoms with Crippen molar-refractivity contribution in [3.63, 3.8) is 0 Å². The molecule has 1 amide bonds. The molecule has 1 aromatic heterocycles. The number of halogens is 1. The van der Waals surface area contributed by atoms with E-state index in [2.05, 4.69) is 34.1 Å². The van der Waals surface area contributed by atoms with Crippen molar-refractivity contribution in [2.45, 2.75) is 0 Å². The zero-order valence-corrected chi connectivity index (χ0v) is 21.4. The summed E-state index contributed by atoms with van der Waals surface area (Å²) >= 11 is 7.90. The molecule has 6 rings (SSSR count). The first-order valence-corrected chi connectivity index (χ1v) is 13.1. The molecule has 8 heteroatoms. The third-order valence-corrected chi connectivity index (χ3v) is 7.88. The van der Waals surface area contributed by atoms with Gasteiger partial charge in [0, 0.05) is 53.3 Å². The molecule has 0 radical (unpaired) electrons. The van der Waals surface area contributed by atoms with Crippen molar-refractivity contribution in [3.05, 3.63) is 82.9 Å². The molecular formula is C28H25ClN4O2S. The van der Waals surface area contributed by atoms with Crippen molar-refractivity contribution in [1.29, 1.82) is 0 Å². The number of rotatable bonds is 5. The third kappa shape index (κ3) is 4.13. The fourth-order valence-electron chi connectivity index (χ4n) is 4.95. The Morgan fingerprint density at radius 3 is 2.64 bits per heavy atom. The number of ether oxygens (including phenoxy) is 1. The molecule has 1 fully saturated rings. The van der Waals surface area contributed by atoms with Gasteiger partial charge in [-0.1, -0.05) is 48.0 Å². The molecule has 0 bridgehead atoms. The van der Waals surface area contributed by atoms with Crippen LogP contribution in [0.2, 0.25) is 5.02 Å². The first kappa shape index (κ1) is 23.0. The number of aromatic nitrogens is 1. The molecule has 0 unspecified atom stereocenters. The van der Waals surface area contributed by atoms with Gasteiger partial charge in [-0.15, -0.1) is 0 Å². The SMILES string of the molecule is COc1ccccc1/C=C1\C(=O)N(CN2CCN(c3nsc4ccccc34)CC2)c2cc(Cl)ccc21. The van der Waals surface area contributed by atoms with Gasteiger partial charge in [-0.05, 0) is 47.9 Å². The molecule has 2 aliphatic heterocycles. The van der Waals surface area contributed by atoms with Gasteiger partial charge in [-0.2, -0.15) is 4.37 Å². The Kier molecular flexibility index (Phi) is 6.13. The van der Waals surface area contributed by atoms with Crippen molar-refractivity contribution in [1.82, 2.24) is 9.27 Å². The standard InChI is InChI=1S/C28H25ClN4O2S/c1-35-25-8-4-2-6-19(25)16-23-21-11-10-20(29)17-24(21)33(28(23)34)18-31-12-14-32(15-13-31)27-22-7-3-5-9-26(22)36-30-27/h2-11,16-17H,12-15,18H2,1H3/b23-16-. The number of piperazine rings is 1. The summed E-state index contributed by atoms with van der Waals surface area (Å²) in [7, 11) is 1.64. The summed E-state index contributed by atoms with van der Waals surface area (Å²) in [5, 5.41) is 1.82. The topological polar surface area (TPSA) is 48.9 Å². The van der Waals surface area contributed by atoms with Crippen LogP contribution in [0.5, 0.6) is 5.75 Å². The number of amides is 1. The quantitative estimate of drug-likeness (QED) is 0.322. The number of benzene rings is 3. The number of hydrogen-bond acceptors (Lipinski definition) is 6. The smallest absolute Gasteiger partial charge is 0.260 e. The lowest BCUT2D eigenvalue weighted by molar-refractivity contribution is -0.113. The number of para-hydroxylation sites is 1. The highest BCUT2D eigenvalue weighted by atomic mass is 35.5. The summed E-state index contributed by atoms with van der Waals surface area (Å²) in [4.78, 5) is 20.2. The van der Waals surface area contributed by atoms with Gasteiger partial charge in [0.15, 0.2) is 0 Å². The molecule has 0 N–H and O–H groups in total. The van der Waals surface area contributed by atoms with E-state index >= 15 is 0 Å². The van der Waals surface area contributed by atoms with Gasteiger partial charge in [0.05, 0.1) is 24.2 Å². The first-order valence-electron chi connectivity index (χ1n) is 11.9. The summed E-state index contributed by atoms with van der Waals surface area (Å²) in [6.07, 6.45) is 1.92. The Morgan fingerprint density at radius 2 is 1.81 bits per heavy atom. The lowest BCUT2D eigenvalue weighted by Crippen LogP contribution is -2.50. The number of methoxy groups -OCH3 is 1. The molecule has 2 aliphatic rings. The average molecular weight is 517 g/mol. The van der Waals surface area contributed by atoms with Crippen LogP contribution in [0.15, 0.2) is 66.7 Å². The fourth-order valence-corrected chi connectivity index (χ4v) is 5.91. The maximum atomic E-state index is 13.7. The molecule has 6 nitrogen and oxygen atoms in total. The summed E-state index contributed by atoms with van der Waals surface area (Å²) in [6.45, 7) is 3.93. The van der Waals surface area contributed by atoms with Gasteiger partial charge < -0.3 is 9.64 Å². The van der Waals surface area contributed by atoms with Crippen LogP contribution in [-0.4, -0.2) is 55.1 Å². The number of anilines is 2. The predicted molar refractivity (Wildman–Crippen MR) is 148 cm³/mol. The maximum absolute atomic E-state index is 13.7. The van der Waals surface area contributed by atoms with Crippen LogP contribution in [-0.2, 0) is 4.79 Å². The highest BCUT2D eigenvalue weighted by molar-refractivity contribution is 7.13. The van der Waals surface area contributed by atoms with E-state index in [4.69, 9.17) is 20.7 Å². The predicted octanol–water partition coefficient (Wildman–Crippen LogP) is 5.63. The van der Waals surface area contributed by atoms with Crippen LogP contribution in [0.25, 0.3) is 21.7 Å². The van der Waals surface area contributed by atoms with E-state index < -0.39 is 0 Å². The molecule has 3 aromatic carbocycles. The van der Waals surface area contributed by atoms with E-state index in [1.54, 1.807) is 18.6 Å². The number of hydrogen-bond donors (Lipinski definition) is 0. The summed E-state index contributed by atoms with van der Waals surface area (Å²) in [5.41, 5.74) is 3.26. The number of carbonyl (C=O) groups excluding carboxylic acids is 1. The van der Waals surface area contributed by atoms with E-state index in [-0.39, 0.29) is 5.91 Å². The highest BCUT2D eigenvalue weighted by Crippen LogP contribution is 2.40. The zero-order valence-electron chi connectivity index (χ0n) is 19.9. The van der Waals surface area contributed by atoms with Gasteiger partial charge in [0.2, 0.25) is 0 Å². The second kappa shape index (κ2) is 9.58. The van der Waals surface area contributed by atoms with E-state index in [0.29, 0.717) is 17.3 Å². The van der Waals surface area contributed by atoms with Crippen molar-refractivity contribution < 1.29 is 9.53 Å². The lowest BCUT2D eigenvalue weighted by Gasteiger charge is -2.37. The minimum Gasteiger partial charge on any atom is -0.496 e. The first-order chi connectivity index (χ1) is 17.6. The van der Waals surface area contributed by atoms with Gasteiger partial charge in [0.1, 0.15) is 11.6 Å². The Morgan fingerprint density at radius 1 is 1.03 bits per heavy atom. The Hall–Kier alpha value is -3.39. The van der Waals surface area contributed by atoms with Crippen LogP contribution in [0.3, 0.4) is 0 Å². The van der Waals surface area contributed by atoms with Gasteiger partial charge in [-0.3, -0.25) is 14.6 Å². The van der Waals surface area contributed by atoms with Crippen molar-refractivity contribution in [2.24, 2.45) is 0 Å². The van der Waals surface area contributed by atoms with Crippen LogP contribution in [0, 0.1) is 0 Å². The fraction of sp³-hybridized carbons (Fsp3) is 0.214. The second-order valence-corrected chi connectivity index (χ2v) is 10.2. The van der Waals surface area contributed by atoms with Crippen LogP contribution < -0.4 is 14.5 Å². The number of nitrogens with zero attached hydrogens (tertiary/aromatic N) is 4. The van der Waals surface area contributed by atoms with Crippen molar-refractivity contribution >= 4 is 62.3 Å². The molecule has 0 aliphatic carbocycles. The van der Waals surface area contributed by atoms with Crippen LogP contribution in [0.1, 0.15) is 11.1 Å². The Bertz CT molecular complexity index is 1480. The van der Waals surface area contributed by atoms with E-state index in [9.17, 15) is 4.79 Å². The Labute approximate surface area is 219 Å². The molecule has 0 saturated carbocycles. The van der Waals surface area contributed by atoms with E-state index in [1.807, 2.05) is 53.4 Å². The molecular weight excluding hydrogens is 492 g/mol. The van der Waals surface area contributed by atoms with Crippen molar-refractivity contribution in [2.75, 3.05) is 49.8 Å². The van der Waals surface area contributed by atoms with Gasteiger partial charge in [0.25, 0.3) is 5.91 Å². The van der Waals surface area contributed by atoms with Crippen molar-refractivity contribution in [3.8, 4) is 5.75 Å². The molecule has 36 heavy (non-hydrogen) atoms. The third-order valence-electron chi connectivity index (χ3n) is 6.83. The monoisotopic (exact) mass is 516 g/mol. The summed E-state index contributed by atoms with van der Waals surface area (Å²) in [5.74, 6) is 1.77. The molecule has 1 saturated heterocycles. The van der Waals surface area contributed by atoms with Gasteiger partial charge in [-0.25, -0.2) is 0 Å². The molecule has 0 spiro atoms. The highest BCUT2D eigenvalue weighted by Gasteiger charge is 2.34. The maximum Gasteiger partial charge on any atom is 0.260 e. The summed E-state index contributed by atoms with van der Waals surface area (Å²) < 4.78 is 11.4. The summed E-state index contributed by atoms with van der Waals surface area (Å²) in [6, 6.07) is 21.7. The average Bonchev–Trinajstić information content (AvgIpc) is 3.44. The van der Waals surface area contributed by atoms with E-state index in [0.717, 1.165) is 54.6 Å². The van der Waals surface area contributed by atoms with Gasteiger partial charge >= 0.3 is 0 Å². The second-order valence-electron chi connectivity index (χ2n) is 8.94. The van der Waals surface area contributed by atoms with Crippen LogP contribution >= 0.6 is 23.1 Å².